The first kappa shape index (κ1) is 14.5. The Balaban J connectivity index is 2.12. The Kier molecular flexibility index (Phi) is 3.79. The Morgan fingerprint density at radius 2 is 1.64 bits per heavy atom. The molecule has 0 fully saturated rings. The minimum Gasteiger partial charge on any atom is -0.251 e. The van der Waals surface area contributed by atoms with Crippen LogP contribution in [0.25, 0.3) is 6.20 Å². The van der Waals surface area contributed by atoms with E-state index in [1.807, 2.05) is 48.5 Å². The van der Waals surface area contributed by atoms with Crippen molar-refractivity contribution in [1.29, 1.82) is 0 Å². The van der Waals surface area contributed by atoms with Crippen LogP contribution >= 0.6 is 0 Å². The first-order valence-corrected chi connectivity index (χ1v) is 8.24. The second-order valence-corrected chi connectivity index (χ2v) is 6.41. The first-order chi connectivity index (χ1) is 10.5. The van der Waals surface area contributed by atoms with Crippen molar-refractivity contribution < 1.29 is 8.42 Å². The van der Waals surface area contributed by atoms with Gasteiger partial charge in [-0.1, -0.05) is 48.5 Å². The highest BCUT2D eigenvalue weighted by molar-refractivity contribution is 7.87. The number of allylic oxidation sites excluding steroid dienone is 1. The normalized spacial score (nSPS) is 14.2. The molecule has 0 amide bonds. The van der Waals surface area contributed by atoms with Gasteiger partial charge in [-0.15, -0.1) is 0 Å². The number of para-hydroxylation sites is 1. The summed E-state index contributed by atoms with van der Waals surface area (Å²) in [5, 5.41) is 6.70. The lowest BCUT2D eigenvalue weighted by Gasteiger charge is -2.12. The van der Waals surface area contributed by atoms with Gasteiger partial charge in [0.25, 0.3) is 0 Å². The fourth-order valence-corrected chi connectivity index (χ4v) is 2.77. The van der Waals surface area contributed by atoms with Crippen LogP contribution in [0.2, 0.25) is 0 Å². The number of nitrogens with two attached hydrogens (primary N) is 1. The Morgan fingerprint density at radius 3 is 2.36 bits per heavy atom. The predicted octanol–water partition coefficient (Wildman–Crippen LogP) is 0.647. The lowest BCUT2D eigenvalue weighted by atomic mass is 10.1. The molecule has 1 aliphatic heterocycles. The van der Waals surface area contributed by atoms with E-state index in [9.17, 15) is 8.42 Å². The molecule has 0 unspecified atom stereocenters. The minimum atomic E-state index is -3.88. The van der Waals surface area contributed by atoms with E-state index in [-0.39, 0.29) is 0 Å². The van der Waals surface area contributed by atoms with Crippen LogP contribution in [-0.4, -0.2) is 12.7 Å². The van der Waals surface area contributed by atoms with Gasteiger partial charge in [-0.2, -0.15) is 8.42 Å². The highest BCUT2D eigenvalue weighted by atomic mass is 32.2. The van der Waals surface area contributed by atoms with Gasteiger partial charge in [0, 0.05) is 24.0 Å². The fraction of sp³-hybridized carbons (Fsp3) is 0.0625. The van der Waals surface area contributed by atoms with Gasteiger partial charge in [0.1, 0.15) is 0 Å². The smallest absolute Gasteiger partial charge is 0.251 e. The fourth-order valence-electron chi connectivity index (χ4n) is 2.24. The number of nitrogens with zero attached hydrogens (tertiary/aromatic N) is 2. The minimum absolute atomic E-state index is 0.523. The summed E-state index contributed by atoms with van der Waals surface area (Å²) in [5.41, 5.74) is 1.67. The summed E-state index contributed by atoms with van der Waals surface area (Å²) in [4.78, 5) is 4.57. The largest absolute Gasteiger partial charge is 0.302 e. The molecule has 22 heavy (non-hydrogen) atoms. The zero-order valence-corrected chi connectivity index (χ0v) is 12.6. The van der Waals surface area contributed by atoms with Crippen LogP contribution < -0.4 is 15.7 Å². The van der Waals surface area contributed by atoms with E-state index in [0.29, 0.717) is 17.3 Å². The molecule has 0 spiro atoms. The summed E-state index contributed by atoms with van der Waals surface area (Å²) in [6.45, 7) is 0. The zero-order valence-electron chi connectivity index (χ0n) is 11.8. The maximum atomic E-state index is 11.7. The van der Waals surface area contributed by atoms with E-state index in [2.05, 4.69) is 4.99 Å². The molecule has 0 aliphatic carbocycles. The predicted molar refractivity (Wildman–Crippen MR) is 84.9 cm³/mol. The maximum Gasteiger partial charge on any atom is 0.302 e. The van der Waals surface area contributed by atoms with E-state index < -0.39 is 10.2 Å². The molecule has 2 aromatic carbocycles. The standard InChI is InChI=1S/C16H15N3O2S/c17-22(20,21)19-11-14-8-4-5-9-16(14)18-15(12-19)10-13-6-2-1-3-7-13/h1-9,11-12H,10H2,(H2,17,20,21). The van der Waals surface area contributed by atoms with Crippen molar-refractivity contribution in [3.8, 4) is 0 Å². The van der Waals surface area contributed by atoms with Crippen LogP contribution in [-0.2, 0) is 16.6 Å². The second kappa shape index (κ2) is 5.75. The molecule has 0 radical (unpaired) electrons. The number of fused-ring (bicyclic) bond motifs is 1. The highest BCUT2D eigenvalue weighted by Crippen LogP contribution is 2.12. The third-order valence-electron chi connectivity index (χ3n) is 3.27. The molecule has 2 aromatic rings. The van der Waals surface area contributed by atoms with Crippen LogP contribution in [0.4, 0.5) is 0 Å². The Labute approximate surface area is 128 Å². The Morgan fingerprint density at radius 1 is 0.955 bits per heavy atom. The monoisotopic (exact) mass is 313 g/mol. The summed E-state index contributed by atoms with van der Waals surface area (Å²) in [6.07, 6.45) is 3.46. The van der Waals surface area contributed by atoms with Crippen molar-refractivity contribution in [2.75, 3.05) is 0 Å². The average molecular weight is 313 g/mol. The molecule has 2 N–H and O–H groups in total. The van der Waals surface area contributed by atoms with E-state index in [1.165, 1.54) is 12.4 Å². The lowest BCUT2D eigenvalue weighted by molar-refractivity contribution is 0.562. The van der Waals surface area contributed by atoms with Crippen molar-refractivity contribution in [3.05, 3.63) is 82.6 Å². The van der Waals surface area contributed by atoms with Crippen molar-refractivity contribution in [2.24, 2.45) is 10.1 Å². The van der Waals surface area contributed by atoms with E-state index >= 15 is 0 Å². The summed E-state index contributed by atoms with van der Waals surface area (Å²) < 4.78 is 24.5. The molecule has 1 heterocycles. The summed E-state index contributed by atoms with van der Waals surface area (Å²) >= 11 is 0. The molecule has 112 valence electrons. The SMILES string of the molecule is NS(=O)(=O)N1C=C(Cc2ccccc2)N=c2ccccc2=C1. The summed E-state index contributed by atoms with van der Waals surface area (Å²) in [5.74, 6) is 0. The van der Waals surface area contributed by atoms with Crippen molar-refractivity contribution in [1.82, 2.24) is 4.31 Å². The second-order valence-electron chi connectivity index (χ2n) is 4.96. The van der Waals surface area contributed by atoms with Gasteiger partial charge >= 0.3 is 10.2 Å². The van der Waals surface area contributed by atoms with Crippen LogP contribution in [0.1, 0.15) is 5.56 Å². The molecule has 1 aliphatic rings. The van der Waals surface area contributed by atoms with Crippen LogP contribution in [0.3, 0.4) is 0 Å². The lowest BCUT2D eigenvalue weighted by Crippen LogP contribution is -2.32. The average Bonchev–Trinajstić information content (AvgIpc) is 2.67. The van der Waals surface area contributed by atoms with Gasteiger partial charge in [0.05, 0.1) is 11.1 Å². The quantitative estimate of drug-likeness (QED) is 0.903. The Hall–Kier alpha value is -2.44. The molecule has 0 aromatic heterocycles. The van der Waals surface area contributed by atoms with E-state index in [4.69, 9.17) is 5.14 Å². The van der Waals surface area contributed by atoms with Gasteiger partial charge in [-0.05, 0) is 11.6 Å². The number of benzene rings is 2. The van der Waals surface area contributed by atoms with Gasteiger partial charge in [-0.25, -0.2) is 9.44 Å². The molecule has 3 rings (SSSR count). The third kappa shape index (κ3) is 3.24. The number of rotatable bonds is 3. The van der Waals surface area contributed by atoms with Crippen molar-refractivity contribution in [3.63, 3.8) is 0 Å². The van der Waals surface area contributed by atoms with Crippen molar-refractivity contribution >= 4 is 16.4 Å². The van der Waals surface area contributed by atoms with E-state index in [1.54, 1.807) is 6.07 Å². The Bertz CT molecular complexity index is 935. The van der Waals surface area contributed by atoms with Crippen LogP contribution in [0, 0.1) is 0 Å². The molecule has 0 bridgehead atoms. The highest BCUT2D eigenvalue weighted by Gasteiger charge is 2.14. The maximum absolute atomic E-state index is 11.7. The van der Waals surface area contributed by atoms with Gasteiger partial charge in [0.15, 0.2) is 0 Å². The molecule has 6 heteroatoms. The topological polar surface area (TPSA) is 75.8 Å². The first-order valence-electron chi connectivity index (χ1n) is 6.74. The van der Waals surface area contributed by atoms with Gasteiger partial charge < -0.3 is 0 Å². The molecule has 0 saturated carbocycles. The van der Waals surface area contributed by atoms with E-state index in [0.717, 1.165) is 15.2 Å². The molecular weight excluding hydrogens is 298 g/mol. The number of hydrogen-bond donors (Lipinski definition) is 1. The summed E-state index contributed by atoms with van der Waals surface area (Å²) in [6, 6.07) is 17.1. The van der Waals surface area contributed by atoms with Gasteiger partial charge in [0.2, 0.25) is 0 Å². The zero-order chi connectivity index (χ0) is 15.6. The summed E-state index contributed by atoms with van der Waals surface area (Å²) in [7, 11) is -3.88. The molecule has 0 atom stereocenters. The molecule has 0 saturated heterocycles. The number of hydrogen-bond acceptors (Lipinski definition) is 3. The van der Waals surface area contributed by atoms with Crippen LogP contribution in [0.5, 0.6) is 0 Å². The molecule has 5 nitrogen and oxygen atoms in total. The van der Waals surface area contributed by atoms with Crippen molar-refractivity contribution in [2.45, 2.75) is 6.42 Å². The van der Waals surface area contributed by atoms with Crippen LogP contribution in [0.15, 0.2) is 71.5 Å². The van der Waals surface area contributed by atoms with Gasteiger partial charge in [-0.3, -0.25) is 4.99 Å². The third-order valence-corrected chi connectivity index (χ3v) is 4.06. The molecular formula is C16H15N3O2S.